The maximum atomic E-state index is 12.7. The zero-order valence-corrected chi connectivity index (χ0v) is 16.1. The first-order valence-corrected chi connectivity index (χ1v) is 8.68. The molecule has 5 heteroatoms. The minimum Gasteiger partial charge on any atom is -0.426 e. The molecule has 1 fully saturated rings. The molecule has 0 saturated heterocycles. The Hall–Kier alpha value is -1.26. The van der Waals surface area contributed by atoms with Gasteiger partial charge < -0.3 is 10.5 Å². The van der Waals surface area contributed by atoms with E-state index in [1.807, 2.05) is 6.07 Å². The molecule has 0 aromatic heterocycles. The largest absolute Gasteiger partial charge is 0.426 e. The summed E-state index contributed by atoms with van der Waals surface area (Å²) in [4.78, 5) is 15.1. The first kappa shape index (κ1) is 20.8. The standard InChI is InChI=1S/C19H30N2O2.ClH/c1-14(2)21(15(3)4)12-11-19(9-6-10-19)18(22)23-17-8-5-7-16(20)13-17;/h5,7-8,13-15H,6,9-12,20H2,1-4H3;1H. The highest BCUT2D eigenvalue weighted by molar-refractivity contribution is 5.85. The maximum absolute atomic E-state index is 12.7. The topological polar surface area (TPSA) is 55.6 Å². The van der Waals surface area contributed by atoms with Gasteiger partial charge in [-0.25, -0.2) is 0 Å². The predicted molar refractivity (Wildman–Crippen MR) is 102 cm³/mol. The van der Waals surface area contributed by atoms with Gasteiger partial charge in [0.2, 0.25) is 0 Å². The number of benzene rings is 1. The lowest BCUT2D eigenvalue weighted by molar-refractivity contribution is -0.152. The molecule has 2 rings (SSSR count). The maximum Gasteiger partial charge on any atom is 0.317 e. The summed E-state index contributed by atoms with van der Waals surface area (Å²) < 4.78 is 5.62. The number of esters is 1. The average molecular weight is 355 g/mol. The van der Waals surface area contributed by atoms with Crippen LogP contribution in [0.15, 0.2) is 24.3 Å². The predicted octanol–water partition coefficient (Wildman–Crippen LogP) is 4.28. The van der Waals surface area contributed by atoms with Crippen molar-refractivity contribution in [1.82, 2.24) is 4.90 Å². The quantitative estimate of drug-likeness (QED) is 0.451. The van der Waals surface area contributed by atoms with E-state index in [2.05, 4.69) is 32.6 Å². The summed E-state index contributed by atoms with van der Waals surface area (Å²) in [6, 6.07) is 8.06. The molecule has 0 radical (unpaired) electrons. The van der Waals surface area contributed by atoms with E-state index in [-0.39, 0.29) is 23.8 Å². The Morgan fingerprint density at radius 3 is 2.33 bits per heavy atom. The summed E-state index contributed by atoms with van der Waals surface area (Å²) in [5.74, 6) is 0.452. The first-order chi connectivity index (χ1) is 10.8. The zero-order valence-electron chi connectivity index (χ0n) is 15.2. The van der Waals surface area contributed by atoms with Crippen molar-refractivity contribution >= 4 is 24.1 Å². The second kappa shape index (κ2) is 8.72. The number of carbonyl (C=O) groups is 1. The molecule has 0 amide bonds. The van der Waals surface area contributed by atoms with E-state index in [4.69, 9.17) is 10.5 Å². The molecule has 0 aliphatic heterocycles. The lowest BCUT2D eigenvalue weighted by Gasteiger charge is -2.41. The molecule has 0 bridgehead atoms. The molecule has 1 aliphatic carbocycles. The van der Waals surface area contributed by atoms with Gasteiger partial charge >= 0.3 is 5.97 Å². The highest BCUT2D eigenvalue weighted by Gasteiger charge is 2.45. The molecule has 0 atom stereocenters. The highest BCUT2D eigenvalue weighted by atomic mass is 35.5. The Morgan fingerprint density at radius 1 is 1.25 bits per heavy atom. The van der Waals surface area contributed by atoms with Crippen molar-refractivity contribution in [2.24, 2.45) is 5.41 Å². The molecule has 4 nitrogen and oxygen atoms in total. The Morgan fingerprint density at radius 2 is 1.88 bits per heavy atom. The van der Waals surface area contributed by atoms with E-state index < -0.39 is 0 Å². The van der Waals surface area contributed by atoms with Crippen LogP contribution in [0.3, 0.4) is 0 Å². The van der Waals surface area contributed by atoms with Gasteiger partial charge in [-0.1, -0.05) is 12.5 Å². The van der Waals surface area contributed by atoms with Gasteiger partial charge in [-0.2, -0.15) is 0 Å². The second-order valence-corrected chi connectivity index (χ2v) is 7.27. The van der Waals surface area contributed by atoms with Crippen LogP contribution in [0.1, 0.15) is 53.4 Å². The average Bonchev–Trinajstić information content (AvgIpc) is 2.40. The molecule has 0 spiro atoms. The van der Waals surface area contributed by atoms with Crippen molar-refractivity contribution < 1.29 is 9.53 Å². The summed E-state index contributed by atoms with van der Waals surface area (Å²) in [6.45, 7) is 9.76. The number of nitrogen functional groups attached to an aromatic ring is 1. The number of hydrogen-bond donors (Lipinski definition) is 1. The van der Waals surface area contributed by atoms with Crippen molar-refractivity contribution in [3.8, 4) is 5.75 Å². The number of carbonyl (C=O) groups excluding carboxylic acids is 1. The van der Waals surface area contributed by atoms with Gasteiger partial charge in [0.25, 0.3) is 0 Å². The van der Waals surface area contributed by atoms with E-state index in [9.17, 15) is 4.79 Å². The Balaban J connectivity index is 0.00000288. The molecular weight excluding hydrogens is 324 g/mol. The van der Waals surface area contributed by atoms with Crippen molar-refractivity contribution in [2.45, 2.75) is 65.5 Å². The summed E-state index contributed by atoms with van der Waals surface area (Å²) in [5.41, 5.74) is 6.06. The second-order valence-electron chi connectivity index (χ2n) is 7.27. The van der Waals surface area contributed by atoms with Crippen LogP contribution in [0.2, 0.25) is 0 Å². The van der Waals surface area contributed by atoms with Crippen LogP contribution in [0.25, 0.3) is 0 Å². The molecule has 1 aliphatic rings. The number of anilines is 1. The van der Waals surface area contributed by atoms with Gasteiger partial charge in [-0.15, -0.1) is 12.4 Å². The normalized spacial score (nSPS) is 16.0. The van der Waals surface area contributed by atoms with Crippen LogP contribution in [0.4, 0.5) is 5.69 Å². The van der Waals surface area contributed by atoms with Crippen molar-refractivity contribution in [3.05, 3.63) is 24.3 Å². The zero-order chi connectivity index (χ0) is 17.0. The van der Waals surface area contributed by atoms with Gasteiger partial charge in [0.15, 0.2) is 0 Å². The highest BCUT2D eigenvalue weighted by Crippen LogP contribution is 2.45. The lowest BCUT2D eigenvalue weighted by Crippen LogP contribution is -2.46. The summed E-state index contributed by atoms with van der Waals surface area (Å²) >= 11 is 0. The summed E-state index contributed by atoms with van der Waals surface area (Å²) in [5, 5.41) is 0. The monoisotopic (exact) mass is 354 g/mol. The lowest BCUT2D eigenvalue weighted by atomic mass is 9.66. The third-order valence-electron chi connectivity index (χ3n) is 4.99. The number of ether oxygens (including phenoxy) is 1. The minimum absolute atomic E-state index is 0. The number of rotatable bonds is 7. The molecule has 24 heavy (non-hydrogen) atoms. The van der Waals surface area contributed by atoms with E-state index >= 15 is 0 Å². The Labute approximate surface area is 152 Å². The molecule has 0 unspecified atom stereocenters. The third kappa shape index (κ3) is 4.87. The van der Waals surface area contributed by atoms with E-state index in [0.717, 1.165) is 32.2 Å². The molecule has 1 saturated carbocycles. The summed E-state index contributed by atoms with van der Waals surface area (Å²) in [6.07, 6.45) is 3.83. The fourth-order valence-corrected chi connectivity index (χ4v) is 3.41. The van der Waals surface area contributed by atoms with Crippen LogP contribution in [-0.2, 0) is 4.79 Å². The minimum atomic E-state index is -0.313. The van der Waals surface area contributed by atoms with Crippen LogP contribution < -0.4 is 10.5 Å². The van der Waals surface area contributed by atoms with Crippen LogP contribution in [-0.4, -0.2) is 29.5 Å². The third-order valence-corrected chi connectivity index (χ3v) is 4.99. The molecule has 1 aromatic carbocycles. The Bertz CT molecular complexity index is 534. The van der Waals surface area contributed by atoms with Gasteiger partial charge in [-0.3, -0.25) is 9.69 Å². The fraction of sp³-hybridized carbons (Fsp3) is 0.632. The van der Waals surface area contributed by atoms with Crippen molar-refractivity contribution in [1.29, 1.82) is 0 Å². The van der Waals surface area contributed by atoms with Gasteiger partial charge in [0.05, 0.1) is 5.41 Å². The fourth-order valence-electron chi connectivity index (χ4n) is 3.41. The van der Waals surface area contributed by atoms with Crippen LogP contribution in [0, 0.1) is 5.41 Å². The van der Waals surface area contributed by atoms with Crippen molar-refractivity contribution in [2.75, 3.05) is 12.3 Å². The molecule has 1 aromatic rings. The first-order valence-electron chi connectivity index (χ1n) is 8.68. The van der Waals surface area contributed by atoms with E-state index in [0.29, 0.717) is 23.5 Å². The summed E-state index contributed by atoms with van der Waals surface area (Å²) in [7, 11) is 0. The van der Waals surface area contributed by atoms with Crippen LogP contribution >= 0.6 is 12.4 Å². The number of hydrogen-bond acceptors (Lipinski definition) is 4. The molecular formula is C19H31ClN2O2. The van der Waals surface area contributed by atoms with Gasteiger partial charge in [0.1, 0.15) is 5.75 Å². The van der Waals surface area contributed by atoms with Gasteiger partial charge in [0, 0.05) is 23.8 Å². The van der Waals surface area contributed by atoms with E-state index in [1.165, 1.54) is 0 Å². The Kier molecular flexibility index (Phi) is 7.56. The molecule has 2 N–H and O–H groups in total. The SMILES string of the molecule is CC(C)N(CCC1(C(=O)Oc2cccc(N)c2)CCC1)C(C)C.Cl. The molecule has 136 valence electrons. The number of nitrogens with zero attached hydrogens (tertiary/aromatic N) is 1. The number of halogens is 1. The smallest absolute Gasteiger partial charge is 0.317 e. The van der Waals surface area contributed by atoms with Crippen molar-refractivity contribution in [3.63, 3.8) is 0 Å². The van der Waals surface area contributed by atoms with E-state index in [1.54, 1.807) is 18.2 Å². The number of nitrogens with two attached hydrogens (primary N) is 1. The van der Waals surface area contributed by atoms with Gasteiger partial charge in [-0.05, 0) is 65.6 Å². The van der Waals surface area contributed by atoms with Crippen LogP contribution in [0.5, 0.6) is 5.75 Å². The molecule has 0 heterocycles.